The van der Waals surface area contributed by atoms with E-state index in [4.69, 9.17) is 4.74 Å². The minimum Gasteiger partial charge on any atom is -0.444 e. The molecule has 0 aromatic heterocycles. The Labute approximate surface area is 109 Å². The Morgan fingerprint density at radius 3 is 2.50 bits per heavy atom. The van der Waals surface area contributed by atoms with Gasteiger partial charge in [-0.2, -0.15) is 0 Å². The second kappa shape index (κ2) is 4.72. The fourth-order valence-corrected chi connectivity index (χ4v) is 3.35. The molecule has 1 heterocycles. The van der Waals surface area contributed by atoms with E-state index in [9.17, 15) is 9.90 Å². The zero-order valence-corrected chi connectivity index (χ0v) is 11.7. The molecule has 1 spiro atoms. The molecular formula is C14H25NO3. The molecule has 0 radical (unpaired) electrons. The van der Waals surface area contributed by atoms with E-state index in [1.807, 2.05) is 20.8 Å². The third-order valence-electron chi connectivity index (χ3n) is 4.12. The minimum atomic E-state index is -0.470. The van der Waals surface area contributed by atoms with Gasteiger partial charge in [-0.05, 0) is 45.4 Å². The van der Waals surface area contributed by atoms with Crippen molar-refractivity contribution in [3.05, 3.63) is 0 Å². The lowest BCUT2D eigenvalue weighted by Crippen LogP contribution is -2.41. The van der Waals surface area contributed by atoms with Gasteiger partial charge in [0, 0.05) is 6.54 Å². The zero-order valence-electron chi connectivity index (χ0n) is 11.7. The molecule has 104 valence electrons. The Morgan fingerprint density at radius 1 is 1.39 bits per heavy atom. The third-order valence-corrected chi connectivity index (χ3v) is 4.12. The Balaban J connectivity index is 2.05. The fourth-order valence-electron chi connectivity index (χ4n) is 3.35. The van der Waals surface area contributed by atoms with Crippen molar-refractivity contribution in [1.29, 1.82) is 0 Å². The average molecular weight is 255 g/mol. The van der Waals surface area contributed by atoms with Crippen molar-refractivity contribution >= 4 is 6.09 Å². The number of likely N-dealkylation sites (tertiary alicyclic amines) is 1. The van der Waals surface area contributed by atoms with Crippen LogP contribution in [-0.4, -0.2) is 40.9 Å². The molecule has 2 fully saturated rings. The maximum absolute atomic E-state index is 12.2. The van der Waals surface area contributed by atoms with E-state index in [0.29, 0.717) is 0 Å². The topological polar surface area (TPSA) is 49.8 Å². The third kappa shape index (κ3) is 2.79. The molecule has 0 unspecified atom stereocenters. The number of aliphatic hydroxyl groups excluding tert-OH is 1. The highest BCUT2D eigenvalue weighted by Crippen LogP contribution is 2.47. The van der Waals surface area contributed by atoms with Crippen molar-refractivity contribution < 1.29 is 14.6 Å². The molecule has 1 atom stereocenters. The predicted molar refractivity (Wildman–Crippen MR) is 69.3 cm³/mol. The Morgan fingerprint density at radius 2 is 2.00 bits per heavy atom. The van der Waals surface area contributed by atoms with Gasteiger partial charge in [-0.25, -0.2) is 4.79 Å². The normalized spacial score (nSPS) is 26.9. The maximum Gasteiger partial charge on any atom is 0.410 e. The molecule has 0 bridgehead atoms. The number of amides is 1. The van der Waals surface area contributed by atoms with E-state index in [-0.39, 0.29) is 24.2 Å². The molecule has 4 heteroatoms. The molecule has 4 nitrogen and oxygen atoms in total. The fraction of sp³-hybridized carbons (Fsp3) is 0.929. The molecule has 0 aromatic rings. The van der Waals surface area contributed by atoms with Crippen LogP contribution in [-0.2, 0) is 4.74 Å². The van der Waals surface area contributed by atoms with Crippen LogP contribution >= 0.6 is 0 Å². The molecule has 1 saturated heterocycles. The molecule has 1 N–H and O–H groups in total. The number of carbonyl (C=O) groups excluding carboxylic acids is 1. The number of hydrogen-bond donors (Lipinski definition) is 1. The summed E-state index contributed by atoms with van der Waals surface area (Å²) in [6.07, 6.45) is 5.53. The highest BCUT2D eigenvalue weighted by Gasteiger charge is 2.47. The highest BCUT2D eigenvalue weighted by molar-refractivity contribution is 5.69. The number of hydrogen-bond acceptors (Lipinski definition) is 3. The van der Waals surface area contributed by atoms with Gasteiger partial charge in [0.25, 0.3) is 0 Å². The van der Waals surface area contributed by atoms with Crippen molar-refractivity contribution in [2.24, 2.45) is 5.41 Å². The Kier molecular flexibility index (Phi) is 3.58. The lowest BCUT2D eigenvalue weighted by atomic mass is 9.84. The summed E-state index contributed by atoms with van der Waals surface area (Å²) in [7, 11) is 0. The summed E-state index contributed by atoms with van der Waals surface area (Å²) in [5, 5.41) is 9.48. The van der Waals surface area contributed by atoms with Crippen molar-refractivity contribution in [2.75, 3.05) is 13.2 Å². The van der Waals surface area contributed by atoms with Crippen LogP contribution in [0.15, 0.2) is 0 Å². The molecule has 2 aliphatic rings. The lowest BCUT2D eigenvalue weighted by Gasteiger charge is -2.28. The van der Waals surface area contributed by atoms with Gasteiger partial charge in [-0.3, -0.25) is 0 Å². The van der Waals surface area contributed by atoms with Crippen molar-refractivity contribution in [1.82, 2.24) is 4.90 Å². The van der Waals surface area contributed by atoms with E-state index in [0.717, 1.165) is 13.0 Å². The van der Waals surface area contributed by atoms with Crippen LogP contribution in [0.4, 0.5) is 4.79 Å². The van der Waals surface area contributed by atoms with Gasteiger partial charge in [0.2, 0.25) is 0 Å². The van der Waals surface area contributed by atoms with Gasteiger partial charge in [0.15, 0.2) is 0 Å². The average Bonchev–Trinajstić information content (AvgIpc) is 2.84. The molecule has 0 aromatic carbocycles. The first-order chi connectivity index (χ1) is 8.35. The van der Waals surface area contributed by atoms with Crippen molar-refractivity contribution in [3.63, 3.8) is 0 Å². The number of rotatable bonds is 1. The van der Waals surface area contributed by atoms with Gasteiger partial charge >= 0.3 is 6.09 Å². The van der Waals surface area contributed by atoms with Crippen LogP contribution in [0, 0.1) is 5.41 Å². The van der Waals surface area contributed by atoms with Gasteiger partial charge in [-0.1, -0.05) is 12.8 Å². The van der Waals surface area contributed by atoms with Crippen LogP contribution in [0.5, 0.6) is 0 Å². The molecule has 18 heavy (non-hydrogen) atoms. The standard InChI is InChI=1S/C14H25NO3/c1-13(2,3)18-12(17)15-10-14(6-4-5-7-14)8-11(15)9-16/h11,16H,4-10H2,1-3H3/t11-/m0/s1. The summed E-state index contributed by atoms with van der Waals surface area (Å²) < 4.78 is 5.43. The monoisotopic (exact) mass is 255 g/mol. The number of aliphatic hydroxyl groups is 1. The summed E-state index contributed by atoms with van der Waals surface area (Å²) in [6.45, 7) is 6.43. The van der Waals surface area contributed by atoms with Crippen LogP contribution in [0.2, 0.25) is 0 Å². The largest absolute Gasteiger partial charge is 0.444 e. The zero-order chi connectivity index (χ0) is 13.4. The second-order valence-corrected chi connectivity index (χ2v) is 6.86. The van der Waals surface area contributed by atoms with Gasteiger partial charge in [0.1, 0.15) is 5.60 Å². The van der Waals surface area contributed by atoms with Crippen LogP contribution in [0.25, 0.3) is 0 Å². The quantitative estimate of drug-likeness (QED) is 0.783. The Hall–Kier alpha value is -0.770. The maximum atomic E-state index is 12.2. The lowest BCUT2D eigenvalue weighted by molar-refractivity contribution is 0.0164. The molecule has 2 rings (SSSR count). The van der Waals surface area contributed by atoms with Crippen LogP contribution in [0.1, 0.15) is 52.9 Å². The molecule has 1 saturated carbocycles. The summed E-state index contributed by atoms with van der Waals surface area (Å²) in [5.41, 5.74) is -0.215. The number of ether oxygens (including phenoxy) is 1. The number of carbonyl (C=O) groups is 1. The van der Waals surface area contributed by atoms with E-state index in [2.05, 4.69) is 0 Å². The summed E-state index contributed by atoms with van der Waals surface area (Å²) >= 11 is 0. The SMILES string of the molecule is CC(C)(C)OC(=O)N1CC2(CCCC2)C[C@H]1CO. The first-order valence-corrected chi connectivity index (χ1v) is 6.96. The molecular weight excluding hydrogens is 230 g/mol. The van der Waals surface area contributed by atoms with Crippen molar-refractivity contribution in [2.45, 2.75) is 64.5 Å². The minimum absolute atomic E-state index is 0.0427. The molecule has 1 aliphatic heterocycles. The van der Waals surface area contributed by atoms with Crippen molar-refractivity contribution in [3.8, 4) is 0 Å². The summed E-state index contributed by atoms with van der Waals surface area (Å²) in [5.74, 6) is 0. The number of nitrogens with zero attached hydrogens (tertiary/aromatic N) is 1. The van der Waals surface area contributed by atoms with Crippen LogP contribution < -0.4 is 0 Å². The first-order valence-electron chi connectivity index (χ1n) is 6.96. The summed E-state index contributed by atoms with van der Waals surface area (Å²) in [6, 6.07) is -0.0575. The second-order valence-electron chi connectivity index (χ2n) is 6.86. The Bertz CT molecular complexity index is 315. The first kappa shape index (κ1) is 13.7. The smallest absolute Gasteiger partial charge is 0.410 e. The van der Waals surface area contributed by atoms with Gasteiger partial charge in [0.05, 0.1) is 12.6 Å². The predicted octanol–water partition coefficient (Wildman–Crippen LogP) is 2.55. The summed E-state index contributed by atoms with van der Waals surface area (Å²) in [4.78, 5) is 13.9. The van der Waals surface area contributed by atoms with E-state index in [1.165, 1.54) is 25.7 Å². The van der Waals surface area contributed by atoms with E-state index < -0.39 is 5.60 Å². The van der Waals surface area contributed by atoms with E-state index in [1.54, 1.807) is 4.90 Å². The van der Waals surface area contributed by atoms with Gasteiger partial charge in [-0.15, -0.1) is 0 Å². The van der Waals surface area contributed by atoms with Crippen LogP contribution in [0.3, 0.4) is 0 Å². The molecule has 1 aliphatic carbocycles. The van der Waals surface area contributed by atoms with Gasteiger partial charge < -0.3 is 14.7 Å². The van der Waals surface area contributed by atoms with E-state index >= 15 is 0 Å². The molecule has 1 amide bonds. The highest BCUT2D eigenvalue weighted by atomic mass is 16.6.